The van der Waals surface area contributed by atoms with Crippen molar-refractivity contribution in [2.75, 3.05) is 43.5 Å². The van der Waals surface area contributed by atoms with Crippen molar-refractivity contribution in [1.82, 2.24) is 4.90 Å². The molecular weight excluding hydrogens is 329 g/mol. The summed E-state index contributed by atoms with van der Waals surface area (Å²) < 4.78 is 14.8. The van der Waals surface area contributed by atoms with Crippen LogP contribution in [-0.2, 0) is 6.42 Å². The molecule has 0 N–H and O–H groups in total. The second kappa shape index (κ2) is 6.72. The predicted octanol–water partition coefficient (Wildman–Crippen LogP) is 3.17. The molecule has 1 fully saturated rings. The molecule has 1 amide bonds. The van der Waals surface area contributed by atoms with E-state index in [-0.39, 0.29) is 11.7 Å². The van der Waals surface area contributed by atoms with Crippen molar-refractivity contribution in [2.45, 2.75) is 18.9 Å². The van der Waals surface area contributed by atoms with Crippen LogP contribution in [0.2, 0.25) is 0 Å². The monoisotopic (exact) mass is 353 g/mol. The maximum absolute atomic E-state index is 14.8. The second-order valence-corrected chi connectivity index (χ2v) is 7.35. The van der Waals surface area contributed by atoms with E-state index in [0.29, 0.717) is 24.0 Å². The third-order valence-electron chi connectivity index (χ3n) is 5.57. The Morgan fingerprint density at radius 1 is 1.12 bits per heavy atom. The molecule has 0 saturated carbocycles. The molecule has 5 heteroatoms. The van der Waals surface area contributed by atoms with Gasteiger partial charge in [0.25, 0.3) is 5.91 Å². The number of carbonyl (C=O) groups excluding carboxylic acids is 1. The number of hydrogen-bond acceptors (Lipinski definition) is 3. The van der Waals surface area contributed by atoms with Gasteiger partial charge in [-0.2, -0.15) is 0 Å². The lowest BCUT2D eigenvalue weighted by atomic mass is 9.98. The fraction of sp³-hybridized carbons (Fsp3) is 0.381. The first-order valence-corrected chi connectivity index (χ1v) is 9.15. The number of benzene rings is 2. The van der Waals surface area contributed by atoms with Crippen LogP contribution in [0.3, 0.4) is 0 Å². The zero-order chi connectivity index (χ0) is 18.3. The Kier molecular flexibility index (Phi) is 4.41. The molecule has 0 aliphatic carbocycles. The van der Waals surface area contributed by atoms with E-state index < -0.39 is 0 Å². The van der Waals surface area contributed by atoms with E-state index in [1.54, 1.807) is 4.90 Å². The van der Waals surface area contributed by atoms with Gasteiger partial charge in [0.05, 0.1) is 5.69 Å². The molecule has 4 rings (SSSR count). The summed E-state index contributed by atoms with van der Waals surface area (Å²) in [7, 11) is 4.13. The van der Waals surface area contributed by atoms with Crippen LogP contribution in [0.25, 0.3) is 0 Å². The lowest BCUT2D eigenvalue weighted by Crippen LogP contribution is -2.37. The summed E-state index contributed by atoms with van der Waals surface area (Å²) in [6, 6.07) is 13.3. The van der Waals surface area contributed by atoms with Crippen LogP contribution in [0, 0.1) is 5.82 Å². The van der Waals surface area contributed by atoms with E-state index in [2.05, 4.69) is 23.9 Å². The standard InChI is InChI=1S/C21H24FN3O/c1-23(2)17-10-11-24(14-17)20-8-7-16(13-19(20)22)25-12-9-15-5-3-4-6-18(15)21(25)26/h3-8,13,17H,9-12,14H2,1-2H3/t17-/m1/s1. The number of nitrogens with zero attached hydrogens (tertiary/aromatic N) is 3. The van der Waals surface area contributed by atoms with E-state index in [9.17, 15) is 9.18 Å². The first kappa shape index (κ1) is 17.0. The largest absolute Gasteiger partial charge is 0.368 e. The Labute approximate surface area is 153 Å². The molecule has 136 valence electrons. The zero-order valence-electron chi connectivity index (χ0n) is 15.3. The van der Waals surface area contributed by atoms with Crippen molar-refractivity contribution in [3.05, 3.63) is 59.4 Å². The van der Waals surface area contributed by atoms with Crippen molar-refractivity contribution >= 4 is 17.3 Å². The van der Waals surface area contributed by atoms with Gasteiger partial charge in [-0.1, -0.05) is 18.2 Å². The van der Waals surface area contributed by atoms with Crippen LogP contribution in [0.15, 0.2) is 42.5 Å². The summed E-state index contributed by atoms with van der Waals surface area (Å²) in [5, 5.41) is 0. The molecule has 2 heterocycles. The molecule has 2 aliphatic heterocycles. The van der Waals surface area contributed by atoms with Gasteiger partial charge < -0.3 is 14.7 Å². The van der Waals surface area contributed by atoms with Gasteiger partial charge in [0.1, 0.15) is 5.82 Å². The SMILES string of the molecule is CN(C)[C@@H]1CCN(c2ccc(N3CCc4ccccc4C3=O)cc2F)C1. The van der Waals surface area contributed by atoms with E-state index in [1.807, 2.05) is 36.4 Å². The van der Waals surface area contributed by atoms with Crippen LogP contribution in [0.5, 0.6) is 0 Å². The Hall–Kier alpha value is -2.40. The highest BCUT2D eigenvalue weighted by Gasteiger charge is 2.28. The quantitative estimate of drug-likeness (QED) is 0.848. The minimum atomic E-state index is -0.256. The number of likely N-dealkylation sites (N-methyl/N-ethyl adjacent to an activating group) is 1. The normalized spacial score (nSPS) is 20.0. The maximum atomic E-state index is 14.8. The molecule has 0 unspecified atom stereocenters. The summed E-state index contributed by atoms with van der Waals surface area (Å²) in [6.07, 6.45) is 1.83. The van der Waals surface area contributed by atoms with Gasteiger partial charge in [0, 0.05) is 36.9 Å². The average Bonchev–Trinajstić information content (AvgIpc) is 3.12. The van der Waals surface area contributed by atoms with E-state index in [1.165, 1.54) is 6.07 Å². The lowest BCUT2D eigenvalue weighted by molar-refractivity contribution is 0.0980. The lowest BCUT2D eigenvalue weighted by Gasteiger charge is -2.29. The number of carbonyl (C=O) groups is 1. The minimum Gasteiger partial charge on any atom is -0.368 e. The summed E-state index contributed by atoms with van der Waals surface area (Å²) >= 11 is 0. The molecule has 26 heavy (non-hydrogen) atoms. The summed E-state index contributed by atoms with van der Waals surface area (Å²) in [5.41, 5.74) is 3.05. The number of hydrogen-bond donors (Lipinski definition) is 0. The molecule has 4 nitrogen and oxygen atoms in total. The van der Waals surface area contributed by atoms with Gasteiger partial charge in [-0.25, -0.2) is 4.39 Å². The van der Waals surface area contributed by atoms with Crippen molar-refractivity contribution in [2.24, 2.45) is 0 Å². The molecule has 0 aromatic heterocycles. The summed E-state index contributed by atoms with van der Waals surface area (Å²) in [5.74, 6) is -0.304. The van der Waals surface area contributed by atoms with Crippen molar-refractivity contribution in [3.8, 4) is 0 Å². The highest BCUT2D eigenvalue weighted by Crippen LogP contribution is 2.30. The molecule has 2 aromatic carbocycles. The van der Waals surface area contributed by atoms with Gasteiger partial charge in [-0.15, -0.1) is 0 Å². The molecule has 2 aromatic rings. The first-order chi connectivity index (χ1) is 12.5. The van der Waals surface area contributed by atoms with Gasteiger partial charge in [0.2, 0.25) is 0 Å². The number of fused-ring (bicyclic) bond motifs is 1. The second-order valence-electron chi connectivity index (χ2n) is 7.35. The number of rotatable bonds is 3. The Bertz CT molecular complexity index is 836. The van der Waals surface area contributed by atoms with Crippen molar-refractivity contribution in [3.63, 3.8) is 0 Å². The third-order valence-corrected chi connectivity index (χ3v) is 5.57. The number of anilines is 2. The van der Waals surface area contributed by atoms with Crippen molar-refractivity contribution < 1.29 is 9.18 Å². The number of amides is 1. The molecule has 0 radical (unpaired) electrons. The van der Waals surface area contributed by atoms with Crippen LogP contribution in [0.4, 0.5) is 15.8 Å². The van der Waals surface area contributed by atoms with Crippen LogP contribution in [-0.4, -0.2) is 50.6 Å². The number of halogens is 1. The van der Waals surface area contributed by atoms with Gasteiger partial charge in [0.15, 0.2) is 0 Å². The smallest absolute Gasteiger partial charge is 0.258 e. The van der Waals surface area contributed by atoms with E-state index in [0.717, 1.165) is 37.1 Å². The maximum Gasteiger partial charge on any atom is 0.258 e. The fourth-order valence-electron chi connectivity index (χ4n) is 3.97. The van der Waals surface area contributed by atoms with Crippen LogP contribution >= 0.6 is 0 Å². The Balaban J connectivity index is 1.56. The summed E-state index contributed by atoms with van der Waals surface area (Å²) in [6.45, 7) is 2.27. The van der Waals surface area contributed by atoms with Crippen molar-refractivity contribution in [1.29, 1.82) is 0 Å². The van der Waals surface area contributed by atoms with E-state index in [4.69, 9.17) is 0 Å². The third kappa shape index (κ3) is 2.97. The Morgan fingerprint density at radius 3 is 2.65 bits per heavy atom. The fourth-order valence-corrected chi connectivity index (χ4v) is 3.97. The summed E-state index contributed by atoms with van der Waals surface area (Å²) in [4.78, 5) is 18.7. The zero-order valence-corrected chi connectivity index (χ0v) is 15.3. The molecule has 1 saturated heterocycles. The Morgan fingerprint density at radius 2 is 1.92 bits per heavy atom. The molecule has 1 atom stereocenters. The van der Waals surface area contributed by atoms with Crippen LogP contribution < -0.4 is 9.80 Å². The molecule has 0 spiro atoms. The first-order valence-electron chi connectivity index (χ1n) is 9.15. The van der Waals surface area contributed by atoms with Gasteiger partial charge in [-0.05, 0) is 56.8 Å². The van der Waals surface area contributed by atoms with E-state index >= 15 is 0 Å². The molecular formula is C21H24FN3O. The topological polar surface area (TPSA) is 26.8 Å². The van der Waals surface area contributed by atoms with Crippen LogP contribution in [0.1, 0.15) is 22.3 Å². The molecule has 0 bridgehead atoms. The van der Waals surface area contributed by atoms with Gasteiger partial charge >= 0.3 is 0 Å². The van der Waals surface area contributed by atoms with Gasteiger partial charge in [-0.3, -0.25) is 4.79 Å². The average molecular weight is 353 g/mol. The minimum absolute atomic E-state index is 0.0483. The highest BCUT2D eigenvalue weighted by atomic mass is 19.1. The predicted molar refractivity (Wildman–Crippen MR) is 103 cm³/mol. The molecule has 2 aliphatic rings. The highest BCUT2D eigenvalue weighted by molar-refractivity contribution is 6.08.